The lowest BCUT2D eigenvalue weighted by molar-refractivity contribution is -0.143. The highest BCUT2D eigenvalue weighted by molar-refractivity contribution is 6.76. The van der Waals surface area contributed by atoms with Gasteiger partial charge < -0.3 is 33.4 Å². The van der Waals surface area contributed by atoms with Gasteiger partial charge in [0.2, 0.25) is 0 Å². The van der Waals surface area contributed by atoms with Gasteiger partial charge in [0, 0.05) is 26.7 Å². The summed E-state index contributed by atoms with van der Waals surface area (Å²) < 4.78 is 54.9. The topological polar surface area (TPSA) is 115 Å². The molecule has 1 aromatic carbocycles. The summed E-state index contributed by atoms with van der Waals surface area (Å²) in [5.74, 6) is -0.139. The maximum Gasteiger partial charge on any atom is 0.306 e. The highest BCUT2D eigenvalue weighted by Crippen LogP contribution is 2.42. The van der Waals surface area contributed by atoms with E-state index in [2.05, 4.69) is 58.8 Å². The third-order valence-corrected chi connectivity index (χ3v) is 17.8. The molecule has 6 rings (SSSR count). The van der Waals surface area contributed by atoms with Gasteiger partial charge in [0.05, 0.1) is 37.0 Å². The van der Waals surface area contributed by atoms with Crippen LogP contribution in [-0.4, -0.2) is 87.7 Å². The summed E-state index contributed by atoms with van der Waals surface area (Å²) in [6, 6.07) is 6.30. The van der Waals surface area contributed by atoms with Crippen LogP contribution in [0, 0.1) is 5.82 Å². The van der Waals surface area contributed by atoms with Crippen LogP contribution in [0.5, 0.6) is 6.01 Å². The number of ether oxygens (including phenoxy) is 5. The third-order valence-electron chi connectivity index (χ3n) is 11.3. The highest BCUT2D eigenvalue weighted by atomic mass is 35.5. The average Bonchev–Trinajstić information content (AvgIpc) is 3.86. The number of nitrogens with one attached hydrogen (secondary N) is 1. The monoisotopic (exact) mass is 818 g/mol. The molecule has 0 bridgehead atoms. The number of aromatic nitrogens is 3. The normalized spacial score (nSPS) is 22.6. The molecular weight excluding hydrogens is 759 g/mol. The number of esters is 1. The number of carbonyl (C=O) groups is 1. The van der Waals surface area contributed by atoms with Crippen LogP contribution in [0.15, 0.2) is 18.2 Å². The standard InChI is InChI=1S/C40H60ClFN4O7Si2/c1-10-11-16-49-33(47)15-12-25-19-26-13-14-29(34(26)28(42)20-25)43-37-27(41)21-30-38(45-37)46(24-48-17-18-54(5,6)7)39(44-30)52-31-22-50-36-32(23-51-35(31)36)53-55(8,9)40(2,3)4/h19-21,29,31-32,35-36H,10-18,22-24H2,1-9H3,(H,43,45)/t29-,31+,32+,35+,36+/m0/s1. The van der Waals surface area contributed by atoms with E-state index in [1.807, 2.05) is 17.6 Å². The van der Waals surface area contributed by atoms with E-state index in [1.165, 1.54) is 6.07 Å². The second-order valence-electron chi connectivity index (χ2n) is 18.0. The molecule has 3 aliphatic rings. The summed E-state index contributed by atoms with van der Waals surface area (Å²) in [5.41, 5.74) is 3.40. The molecule has 0 saturated carbocycles. The van der Waals surface area contributed by atoms with Crippen LogP contribution in [0.25, 0.3) is 11.2 Å². The van der Waals surface area contributed by atoms with E-state index in [9.17, 15) is 4.79 Å². The second kappa shape index (κ2) is 17.1. The molecule has 3 aromatic rings. The molecule has 1 N–H and O–H groups in total. The summed E-state index contributed by atoms with van der Waals surface area (Å²) in [5, 5.41) is 3.86. The van der Waals surface area contributed by atoms with Crippen molar-refractivity contribution in [3.05, 3.63) is 45.7 Å². The first-order valence-electron chi connectivity index (χ1n) is 19.9. The average molecular weight is 820 g/mol. The van der Waals surface area contributed by atoms with Crippen molar-refractivity contribution >= 4 is 50.9 Å². The van der Waals surface area contributed by atoms with Crippen LogP contribution in [0.2, 0.25) is 48.8 Å². The summed E-state index contributed by atoms with van der Waals surface area (Å²) in [4.78, 5) is 22.0. The molecule has 304 valence electrons. The van der Waals surface area contributed by atoms with Gasteiger partial charge in [0.15, 0.2) is 20.1 Å². The lowest BCUT2D eigenvalue weighted by Gasteiger charge is -2.39. The second-order valence-corrected chi connectivity index (χ2v) is 28.7. The zero-order valence-electron chi connectivity index (χ0n) is 34.1. The SMILES string of the molecule is CCCCOC(=O)CCc1cc(F)c2c(c1)CC[C@@H]2Nc1nc2c(cc1Cl)nc(O[C@@H]1CO[C@H]3[C@@H]1OC[C@H]3O[Si](C)(C)C(C)(C)C)n2COCC[Si](C)(C)C. The van der Waals surface area contributed by atoms with E-state index < -0.39 is 22.5 Å². The van der Waals surface area contributed by atoms with E-state index in [0.29, 0.717) is 79.3 Å². The Kier molecular flexibility index (Phi) is 13.1. The fourth-order valence-corrected chi connectivity index (χ4v) is 9.32. The molecule has 4 heterocycles. The number of carbonyl (C=O) groups excluding carboxylic acids is 1. The fourth-order valence-electron chi connectivity index (χ4n) is 7.05. The molecule has 2 fully saturated rings. The number of hydrogen-bond acceptors (Lipinski definition) is 10. The Labute approximate surface area is 332 Å². The molecule has 1 aliphatic carbocycles. The van der Waals surface area contributed by atoms with E-state index >= 15 is 4.39 Å². The summed E-state index contributed by atoms with van der Waals surface area (Å²) in [6.45, 7) is 22.1. The number of benzene rings is 1. The first-order valence-corrected chi connectivity index (χ1v) is 26.9. The number of rotatable bonds is 17. The number of hydrogen-bond donors (Lipinski definition) is 1. The molecular formula is C40H60ClFN4O7Si2. The Balaban J connectivity index is 1.20. The number of nitrogens with zero attached hydrogens (tertiary/aromatic N) is 3. The maximum atomic E-state index is 15.7. The minimum absolute atomic E-state index is 0.0621. The number of fused-ring (bicyclic) bond motifs is 3. The Bertz CT molecular complexity index is 1830. The Morgan fingerprint density at radius 2 is 1.78 bits per heavy atom. The van der Waals surface area contributed by atoms with E-state index in [-0.39, 0.29) is 54.3 Å². The van der Waals surface area contributed by atoms with E-state index in [4.69, 9.17) is 49.7 Å². The van der Waals surface area contributed by atoms with Crippen LogP contribution in [-0.2, 0) is 47.7 Å². The molecule has 55 heavy (non-hydrogen) atoms. The third kappa shape index (κ3) is 9.93. The minimum Gasteiger partial charge on any atom is -0.466 e. The Morgan fingerprint density at radius 1 is 1.05 bits per heavy atom. The lowest BCUT2D eigenvalue weighted by atomic mass is 10.0. The van der Waals surface area contributed by atoms with Crippen molar-refractivity contribution in [2.24, 2.45) is 0 Å². The van der Waals surface area contributed by atoms with E-state index in [0.717, 1.165) is 30.0 Å². The van der Waals surface area contributed by atoms with Gasteiger partial charge in [-0.15, -0.1) is 0 Å². The lowest BCUT2D eigenvalue weighted by Crippen LogP contribution is -2.47. The van der Waals surface area contributed by atoms with Crippen molar-refractivity contribution in [1.82, 2.24) is 14.5 Å². The van der Waals surface area contributed by atoms with Crippen molar-refractivity contribution in [2.45, 2.75) is 147 Å². The largest absolute Gasteiger partial charge is 0.466 e. The van der Waals surface area contributed by atoms with Gasteiger partial charge in [0.25, 0.3) is 0 Å². The van der Waals surface area contributed by atoms with Crippen LogP contribution < -0.4 is 10.1 Å². The van der Waals surface area contributed by atoms with Gasteiger partial charge in [0.1, 0.15) is 36.1 Å². The molecule has 2 saturated heterocycles. The Morgan fingerprint density at radius 3 is 2.49 bits per heavy atom. The van der Waals surface area contributed by atoms with Gasteiger partial charge in [-0.3, -0.25) is 9.36 Å². The predicted molar refractivity (Wildman–Crippen MR) is 218 cm³/mol. The predicted octanol–water partition coefficient (Wildman–Crippen LogP) is 8.85. The van der Waals surface area contributed by atoms with Crippen LogP contribution in [0.4, 0.5) is 10.2 Å². The number of pyridine rings is 1. The summed E-state index contributed by atoms with van der Waals surface area (Å²) in [6.07, 6.45) is 2.71. The molecule has 0 spiro atoms. The smallest absolute Gasteiger partial charge is 0.306 e. The van der Waals surface area contributed by atoms with Crippen molar-refractivity contribution in [1.29, 1.82) is 0 Å². The van der Waals surface area contributed by atoms with Gasteiger partial charge in [-0.1, -0.05) is 71.4 Å². The van der Waals surface area contributed by atoms with Gasteiger partial charge in [-0.05, 0) is 73.1 Å². The number of halogens is 2. The fraction of sp³-hybridized carbons (Fsp3) is 0.675. The first-order chi connectivity index (χ1) is 25.9. The quantitative estimate of drug-likeness (QED) is 0.0805. The molecule has 0 radical (unpaired) electrons. The van der Waals surface area contributed by atoms with Crippen molar-refractivity contribution in [2.75, 3.05) is 31.7 Å². The van der Waals surface area contributed by atoms with Crippen LogP contribution in [0.3, 0.4) is 0 Å². The zero-order chi connectivity index (χ0) is 39.7. The molecule has 0 unspecified atom stereocenters. The van der Waals surface area contributed by atoms with E-state index in [1.54, 1.807) is 6.07 Å². The van der Waals surface area contributed by atoms with Crippen molar-refractivity contribution in [3.8, 4) is 6.01 Å². The molecule has 2 aromatic heterocycles. The minimum atomic E-state index is -2.05. The summed E-state index contributed by atoms with van der Waals surface area (Å²) in [7, 11) is -3.38. The summed E-state index contributed by atoms with van der Waals surface area (Å²) >= 11 is 6.84. The van der Waals surface area contributed by atoms with Crippen molar-refractivity contribution < 1.29 is 37.3 Å². The Hall–Kier alpha value is -2.60. The number of unbranched alkanes of at least 4 members (excludes halogenated alkanes) is 1. The van der Waals surface area contributed by atoms with Gasteiger partial charge >= 0.3 is 12.0 Å². The maximum absolute atomic E-state index is 15.7. The molecule has 2 aliphatic heterocycles. The first kappa shape index (κ1) is 42.0. The number of aryl methyl sites for hydroxylation is 2. The van der Waals surface area contributed by atoms with Crippen molar-refractivity contribution in [3.63, 3.8) is 0 Å². The number of imidazole rings is 1. The van der Waals surface area contributed by atoms with Crippen LogP contribution in [0.1, 0.15) is 76.1 Å². The molecule has 5 atom stereocenters. The van der Waals surface area contributed by atoms with Crippen LogP contribution >= 0.6 is 11.6 Å². The number of anilines is 1. The van der Waals surface area contributed by atoms with Gasteiger partial charge in [-0.25, -0.2) is 9.37 Å². The zero-order valence-corrected chi connectivity index (χ0v) is 36.8. The molecule has 11 nitrogen and oxygen atoms in total. The molecule has 0 amide bonds. The molecule has 15 heteroatoms. The van der Waals surface area contributed by atoms with Gasteiger partial charge in [-0.2, -0.15) is 4.98 Å². The highest BCUT2D eigenvalue weighted by Gasteiger charge is 2.52.